The Hall–Kier alpha value is -2.53. The second kappa shape index (κ2) is 7.31. The van der Waals surface area contributed by atoms with E-state index in [0.717, 1.165) is 11.3 Å². The molecule has 4 aromatic rings. The smallest absolute Gasteiger partial charge is 0.257 e. The molecule has 0 bridgehead atoms. The Bertz CT molecular complexity index is 1340. The molecular weight excluding hydrogens is 428 g/mol. The number of nitrogens with zero attached hydrogens (tertiary/aromatic N) is 6. The van der Waals surface area contributed by atoms with E-state index in [1.54, 1.807) is 13.0 Å². The molecule has 0 atom stereocenters. The van der Waals surface area contributed by atoms with Gasteiger partial charge in [0.2, 0.25) is 10.0 Å². The maximum absolute atomic E-state index is 13.1. The highest BCUT2D eigenvalue weighted by Gasteiger charge is 2.29. The molecule has 5 rings (SSSR count). The molecule has 0 aromatic carbocycles. The number of imidazole rings is 1. The highest BCUT2D eigenvalue weighted by molar-refractivity contribution is 7.89. The third kappa shape index (κ3) is 3.45. The standard InChI is InChI=1S/C19H19ClN6O3S/c1-13-17-8-16(9-21-19(17)29-23-13)30(27,28)26-6-4-24(5-7-26)11-15-12-25-10-14(20)2-3-18(25)22-15/h2-3,8-10,12H,4-7,11H2,1H3. The largest absolute Gasteiger partial charge is 0.336 e. The van der Waals surface area contributed by atoms with E-state index >= 15 is 0 Å². The van der Waals surface area contributed by atoms with Crippen molar-refractivity contribution in [2.75, 3.05) is 26.2 Å². The van der Waals surface area contributed by atoms with Crippen molar-refractivity contribution >= 4 is 38.4 Å². The Kier molecular flexibility index (Phi) is 4.73. The summed E-state index contributed by atoms with van der Waals surface area (Å²) in [5, 5.41) is 5.10. The minimum atomic E-state index is -3.63. The molecule has 0 radical (unpaired) electrons. The molecule has 0 amide bonds. The summed E-state index contributed by atoms with van der Waals surface area (Å²) >= 11 is 6.03. The second-order valence-electron chi connectivity index (χ2n) is 7.32. The molecule has 1 aliphatic heterocycles. The van der Waals surface area contributed by atoms with Crippen LogP contribution in [0.3, 0.4) is 0 Å². The number of pyridine rings is 2. The van der Waals surface area contributed by atoms with Gasteiger partial charge in [-0.05, 0) is 25.1 Å². The fourth-order valence-corrected chi connectivity index (χ4v) is 5.23. The van der Waals surface area contributed by atoms with E-state index < -0.39 is 10.0 Å². The third-order valence-electron chi connectivity index (χ3n) is 5.30. The predicted molar refractivity (Wildman–Crippen MR) is 111 cm³/mol. The minimum absolute atomic E-state index is 0.159. The molecule has 0 unspecified atom stereocenters. The van der Waals surface area contributed by atoms with E-state index in [4.69, 9.17) is 16.1 Å². The van der Waals surface area contributed by atoms with Gasteiger partial charge in [0, 0.05) is 45.1 Å². The van der Waals surface area contributed by atoms with Crippen molar-refractivity contribution in [2.24, 2.45) is 0 Å². The van der Waals surface area contributed by atoms with E-state index in [1.165, 1.54) is 10.5 Å². The zero-order valence-corrected chi connectivity index (χ0v) is 17.8. The van der Waals surface area contributed by atoms with Crippen molar-refractivity contribution in [1.82, 2.24) is 28.7 Å². The number of aryl methyl sites for hydroxylation is 1. The number of rotatable bonds is 4. The van der Waals surface area contributed by atoms with Crippen LogP contribution in [0.4, 0.5) is 0 Å². The summed E-state index contributed by atoms with van der Waals surface area (Å²) in [6.07, 6.45) is 5.10. The number of aromatic nitrogens is 4. The van der Waals surface area contributed by atoms with Crippen molar-refractivity contribution in [3.8, 4) is 0 Å². The van der Waals surface area contributed by atoms with Gasteiger partial charge in [-0.15, -0.1) is 0 Å². The quantitative estimate of drug-likeness (QED) is 0.474. The van der Waals surface area contributed by atoms with Crippen LogP contribution in [0.15, 0.2) is 46.2 Å². The SMILES string of the molecule is Cc1noc2ncc(S(=O)(=O)N3CCN(Cc4cn5cc(Cl)ccc5n4)CC3)cc12. The van der Waals surface area contributed by atoms with Crippen molar-refractivity contribution < 1.29 is 12.9 Å². The summed E-state index contributed by atoms with van der Waals surface area (Å²) in [5.41, 5.74) is 2.71. The predicted octanol–water partition coefficient (Wildman–Crippen LogP) is 2.34. The molecule has 30 heavy (non-hydrogen) atoms. The molecule has 0 spiro atoms. The van der Waals surface area contributed by atoms with Gasteiger partial charge in [0.15, 0.2) is 0 Å². The van der Waals surface area contributed by atoms with Gasteiger partial charge >= 0.3 is 0 Å². The van der Waals surface area contributed by atoms with E-state index in [1.807, 2.05) is 28.9 Å². The summed E-state index contributed by atoms with van der Waals surface area (Å²) < 4.78 is 34.6. The average Bonchev–Trinajstić information content (AvgIpc) is 3.30. The number of piperazine rings is 1. The first-order chi connectivity index (χ1) is 14.4. The zero-order chi connectivity index (χ0) is 20.9. The van der Waals surface area contributed by atoms with E-state index in [2.05, 4.69) is 20.0 Å². The molecule has 1 saturated heterocycles. The van der Waals surface area contributed by atoms with Gasteiger partial charge in [-0.1, -0.05) is 16.8 Å². The van der Waals surface area contributed by atoms with Crippen LogP contribution in [0.25, 0.3) is 16.7 Å². The number of halogens is 1. The van der Waals surface area contributed by atoms with Gasteiger partial charge in [-0.3, -0.25) is 4.90 Å². The van der Waals surface area contributed by atoms with Crippen LogP contribution in [0, 0.1) is 6.92 Å². The molecule has 11 heteroatoms. The maximum atomic E-state index is 13.1. The lowest BCUT2D eigenvalue weighted by molar-refractivity contribution is 0.180. The second-order valence-corrected chi connectivity index (χ2v) is 9.69. The first-order valence-electron chi connectivity index (χ1n) is 9.48. The molecule has 4 aromatic heterocycles. The van der Waals surface area contributed by atoms with Crippen molar-refractivity contribution in [1.29, 1.82) is 0 Å². The van der Waals surface area contributed by atoms with Gasteiger partial charge in [0.05, 0.1) is 28.0 Å². The molecule has 1 aliphatic rings. The van der Waals surface area contributed by atoms with Gasteiger partial charge in [-0.25, -0.2) is 18.4 Å². The third-order valence-corrected chi connectivity index (χ3v) is 7.39. The molecular formula is C19H19ClN6O3S. The summed E-state index contributed by atoms with van der Waals surface area (Å²) in [7, 11) is -3.63. The molecule has 1 fully saturated rings. The fraction of sp³-hybridized carbons (Fsp3) is 0.316. The van der Waals surface area contributed by atoms with E-state index in [9.17, 15) is 8.42 Å². The Labute approximate surface area is 177 Å². The number of fused-ring (bicyclic) bond motifs is 2. The van der Waals surface area contributed by atoms with Crippen LogP contribution in [0.2, 0.25) is 5.02 Å². The monoisotopic (exact) mass is 446 g/mol. The van der Waals surface area contributed by atoms with Crippen molar-refractivity contribution in [2.45, 2.75) is 18.4 Å². The highest BCUT2D eigenvalue weighted by atomic mass is 35.5. The van der Waals surface area contributed by atoms with Crippen LogP contribution in [0.1, 0.15) is 11.4 Å². The maximum Gasteiger partial charge on any atom is 0.257 e. The molecule has 0 N–H and O–H groups in total. The molecule has 9 nitrogen and oxygen atoms in total. The summed E-state index contributed by atoms with van der Waals surface area (Å²) in [6, 6.07) is 5.26. The van der Waals surface area contributed by atoms with Crippen molar-refractivity contribution in [3.63, 3.8) is 0 Å². The van der Waals surface area contributed by atoms with Gasteiger partial charge in [-0.2, -0.15) is 4.31 Å². The molecule has 156 valence electrons. The first kappa shape index (κ1) is 19.4. The Balaban J connectivity index is 1.28. The van der Waals surface area contributed by atoms with Gasteiger partial charge in [0.1, 0.15) is 10.5 Å². The zero-order valence-electron chi connectivity index (χ0n) is 16.2. The summed E-state index contributed by atoms with van der Waals surface area (Å²) in [5.74, 6) is 0. The van der Waals surface area contributed by atoms with Crippen LogP contribution >= 0.6 is 11.6 Å². The Morgan fingerprint density at radius 2 is 1.97 bits per heavy atom. The van der Waals surface area contributed by atoms with Gasteiger partial charge in [0.25, 0.3) is 5.71 Å². The highest BCUT2D eigenvalue weighted by Crippen LogP contribution is 2.23. The van der Waals surface area contributed by atoms with Crippen LogP contribution in [0.5, 0.6) is 0 Å². The van der Waals surface area contributed by atoms with Crippen molar-refractivity contribution in [3.05, 3.63) is 53.2 Å². The number of sulfonamides is 1. The average molecular weight is 447 g/mol. The topological polar surface area (TPSA) is 96.8 Å². The van der Waals surface area contributed by atoms with Crippen LogP contribution in [-0.2, 0) is 16.6 Å². The lowest BCUT2D eigenvalue weighted by Crippen LogP contribution is -2.48. The first-order valence-corrected chi connectivity index (χ1v) is 11.3. The van der Waals surface area contributed by atoms with E-state index in [-0.39, 0.29) is 4.90 Å². The van der Waals surface area contributed by atoms with Crippen LogP contribution < -0.4 is 0 Å². The minimum Gasteiger partial charge on any atom is -0.336 e. The number of hydrogen-bond acceptors (Lipinski definition) is 7. The molecule has 0 aliphatic carbocycles. The summed E-state index contributed by atoms with van der Waals surface area (Å²) in [6.45, 7) is 4.46. The van der Waals surface area contributed by atoms with E-state index in [0.29, 0.717) is 54.5 Å². The normalized spacial score (nSPS) is 16.6. The fourth-order valence-electron chi connectivity index (χ4n) is 3.67. The van der Waals surface area contributed by atoms with Crippen LogP contribution in [-0.4, -0.2) is 63.3 Å². The Morgan fingerprint density at radius 3 is 2.77 bits per heavy atom. The molecule has 0 saturated carbocycles. The Morgan fingerprint density at radius 1 is 1.17 bits per heavy atom. The lowest BCUT2D eigenvalue weighted by Gasteiger charge is -2.33. The molecule has 5 heterocycles. The summed E-state index contributed by atoms with van der Waals surface area (Å²) in [4.78, 5) is 11.1. The van der Waals surface area contributed by atoms with Gasteiger partial charge < -0.3 is 8.92 Å². The number of hydrogen-bond donors (Lipinski definition) is 0. The lowest BCUT2D eigenvalue weighted by atomic mass is 10.3.